The SMILES string of the molecule is CCNC(C)c1ccc(N(C)c2ccccc2C#N)cn1. The van der Waals surface area contributed by atoms with E-state index in [-0.39, 0.29) is 6.04 Å². The Kier molecular flexibility index (Phi) is 4.91. The Balaban J connectivity index is 2.24. The standard InChI is InChI=1S/C17H20N4/c1-4-19-13(2)16-10-9-15(12-20-16)21(3)17-8-6-5-7-14(17)11-18/h5-10,12-13,19H,4H2,1-3H3. The molecule has 0 saturated heterocycles. The van der Waals surface area contributed by atoms with Gasteiger partial charge in [-0.1, -0.05) is 19.1 Å². The maximum absolute atomic E-state index is 9.19. The third kappa shape index (κ3) is 3.39. The largest absolute Gasteiger partial charge is 0.342 e. The first kappa shape index (κ1) is 15.0. The molecule has 0 spiro atoms. The van der Waals surface area contributed by atoms with Crippen molar-refractivity contribution in [2.45, 2.75) is 19.9 Å². The lowest BCUT2D eigenvalue weighted by molar-refractivity contribution is 0.583. The molecule has 0 saturated carbocycles. The minimum absolute atomic E-state index is 0.237. The topological polar surface area (TPSA) is 52.0 Å². The highest BCUT2D eigenvalue weighted by atomic mass is 15.1. The predicted octanol–water partition coefficient (Wildman–Crippen LogP) is 3.39. The summed E-state index contributed by atoms with van der Waals surface area (Å²) in [5.41, 5.74) is 3.52. The molecule has 0 radical (unpaired) electrons. The van der Waals surface area contributed by atoms with Gasteiger partial charge in [0.1, 0.15) is 6.07 Å². The molecule has 1 N–H and O–H groups in total. The number of aromatic nitrogens is 1. The summed E-state index contributed by atoms with van der Waals surface area (Å²) in [6.07, 6.45) is 1.84. The summed E-state index contributed by atoms with van der Waals surface area (Å²) in [6, 6.07) is 14.1. The van der Waals surface area contributed by atoms with E-state index in [1.54, 1.807) is 0 Å². The highest BCUT2D eigenvalue weighted by Gasteiger charge is 2.10. The quantitative estimate of drug-likeness (QED) is 0.912. The van der Waals surface area contributed by atoms with Gasteiger partial charge in [-0.2, -0.15) is 5.26 Å². The second-order valence-electron chi connectivity index (χ2n) is 4.91. The van der Waals surface area contributed by atoms with Gasteiger partial charge in [0.2, 0.25) is 0 Å². The van der Waals surface area contributed by atoms with Crippen molar-refractivity contribution in [3.05, 3.63) is 53.9 Å². The lowest BCUT2D eigenvalue weighted by atomic mass is 10.1. The van der Waals surface area contributed by atoms with Gasteiger partial charge in [0, 0.05) is 13.1 Å². The molecule has 0 fully saturated rings. The Bertz CT molecular complexity index is 628. The number of hydrogen-bond donors (Lipinski definition) is 1. The fourth-order valence-corrected chi connectivity index (χ4v) is 2.26. The highest BCUT2D eigenvalue weighted by molar-refractivity contribution is 5.68. The number of nitrogens with one attached hydrogen (secondary N) is 1. The molecule has 0 aliphatic heterocycles. The van der Waals surface area contributed by atoms with Crippen molar-refractivity contribution in [3.63, 3.8) is 0 Å². The summed E-state index contributed by atoms with van der Waals surface area (Å²) in [6.45, 7) is 5.09. The number of nitrogens with zero attached hydrogens (tertiary/aromatic N) is 3. The van der Waals surface area contributed by atoms with Gasteiger partial charge in [-0.15, -0.1) is 0 Å². The van der Waals surface area contributed by atoms with Gasteiger partial charge in [0.15, 0.2) is 0 Å². The fourth-order valence-electron chi connectivity index (χ4n) is 2.26. The molecule has 1 heterocycles. The van der Waals surface area contributed by atoms with Crippen LogP contribution in [0.15, 0.2) is 42.6 Å². The van der Waals surface area contributed by atoms with Crippen LogP contribution in [0.2, 0.25) is 0 Å². The van der Waals surface area contributed by atoms with Crippen LogP contribution in [-0.4, -0.2) is 18.6 Å². The van der Waals surface area contributed by atoms with E-state index in [4.69, 9.17) is 0 Å². The molecule has 21 heavy (non-hydrogen) atoms. The van der Waals surface area contributed by atoms with Crippen molar-refractivity contribution in [1.82, 2.24) is 10.3 Å². The predicted molar refractivity (Wildman–Crippen MR) is 85.5 cm³/mol. The Morgan fingerprint density at radius 1 is 1.29 bits per heavy atom. The number of para-hydroxylation sites is 1. The smallest absolute Gasteiger partial charge is 0.101 e. The molecule has 1 atom stereocenters. The summed E-state index contributed by atoms with van der Waals surface area (Å²) in [7, 11) is 1.95. The van der Waals surface area contributed by atoms with Gasteiger partial charge in [-0.25, -0.2) is 0 Å². The van der Waals surface area contributed by atoms with Gasteiger partial charge in [-0.3, -0.25) is 4.98 Å². The van der Waals surface area contributed by atoms with Crippen LogP contribution >= 0.6 is 0 Å². The zero-order valence-electron chi connectivity index (χ0n) is 12.7. The van der Waals surface area contributed by atoms with E-state index in [1.165, 1.54) is 0 Å². The van der Waals surface area contributed by atoms with Gasteiger partial charge < -0.3 is 10.2 Å². The zero-order chi connectivity index (χ0) is 15.2. The molecule has 2 rings (SSSR count). The van der Waals surface area contributed by atoms with Crippen molar-refractivity contribution >= 4 is 11.4 Å². The van der Waals surface area contributed by atoms with E-state index in [2.05, 4.69) is 30.2 Å². The molecule has 0 bridgehead atoms. The summed E-state index contributed by atoms with van der Waals surface area (Å²) in [5, 5.41) is 12.5. The van der Waals surface area contributed by atoms with Gasteiger partial charge in [0.25, 0.3) is 0 Å². The summed E-state index contributed by atoms with van der Waals surface area (Å²) in [4.78, 5) is 6.49. The summed E-state index contributed by atoms with van der Waals surface area (Å²) >= 11 is 0. The monoisotopic (exact) mass is 280 g/mol. The van der Waals surface area contributed by atoms with Crippen LogP contribution in [0.25, 0.3) is 0 Å². The minimum atomic E-state index is 0.237. The van der Waals surface area contributed by atoms with E-state index in [9.17, 15) is 5.26 Å². The molecule has 0 aliphatic carbocycles. The Morgan fingerprint density at radius 2 is 2.05 bits per heavy atom. The average Bonchev–Trinajstić information content (AvgIpc) is 2.54. The number of rotatable bonds is 5. The lowest BCUT2D eigenvalue weighted by Crippen LogP contribution is -2.19. The van der Waals surface area contributed by atoms with Gasteiger partial charge in [-0.05, 0) is 37.7 Å². The molecule has 1 aromatic carbocycles. The first-order valence-electron chi connectivity index (χ1n) is 7.09. The van der Waals surface area contributed by atoms with Crippen LogP contribution in [-0.2, 0) is 0 Å². The number of benzene rings is 1. The Morgan fingerprint density at radius 3 is 2.67 bits per heavy atom. The van der Waals surface area contributed by atoms with Gasteiger partial charge >= 0.3 is 0 Å². The molecule has 1 aromatic heterocycles. The third-order valence-corrected chi connectivity index (χ3v) is 3.50. The van der Waals surface area contributed by atoms with Crippen molar-refractivity contribution in [2.75, 3.05) is 18.5 Å². The van der Waals surface area contributed by atoms with E-state index in [1.807, 2.05) is 54.5 Å². The number of hydrogen-bond acceptors (Lipinski definition) is 4. The van der Waals surface area contributed by atoms with Crippen LogP contribution in [0.4, 0.5) is 11.4 Å². The first-order valence-corrected chi connectivity index (χ1v) is 7.09. The number of nitriles is 1. The lowest BCUT2D eigenvalue weighted by Gasteiger charge is -2.21. The van der Waals surface area contributed by atoms with Crippen LogP contribution in [0.1, 0.15) is 31.1 Å². The molecular weight excluding hydrogens is 260 g/mol. The normalized spacial score (nSPS) is 11.7. The van der Waals surface area contributed by atoms with E-state index < -0.39 is 0 Å². The zero-order valence-corrected chi connectivity index (χ0v) is 12.7. The van der Waals surface area contributed by atoms with Crippen LogP contribution in [0.3, 0.4) is 0 Å². The second kappa shape index (κ2) is 6.87. The minimum Gasteiger partial charge on any atom is -0.342 e. The maximum Gasteiger partial charge on any atom is 0.101 e. The molecule has 0 aliphatic rings. The van der Waals surface area contributed by atoms with Gasteiger partial charge in [0.05, 0.1) is 28.8 Å². The summed E-state index contributed by atoms with van der Waals surface area (Å²) in [5.74, 6) is 0. The fraction of sp³-hybridized carbons (Fsp3) is 0.294. The van der Waals surface area contributed by atoms with E-state index >= 15 is 0 Å². The molecular formula is C17H20N4. The van der Waals surface area contributed by atoms with Crippen LogP contribution < -0.4 is 10.2 Å². The van der Waals surface area contributed by atoms with E-state index in [0.717, 1.165) is 23.6 Å². The van der Waals surface area contributed by atoms with Crippen molar-refractivity contribution in [1.29, 1.82) is 5.26 Å². The average molecular weight is 280 g/mol. The molecule has 2 aromatic rings. The molecule has 0 amide bonds. The van der Waals surface area contributed by atoms with Crippen molar-refractivity contribution in [2.24, 2.45) is 0 Å². The molecule has 108 valence electrons. The van der Waals surface area contributed by atoms with Crippen molar-refractivity contribution < 1.29 is 0 Å². The van der Waals surface area contributed by atoms with Crippen molar-refractivity contribution in [3.8, 4) is 6.07 Å². The van der Waals surface area contributed by atoms with Crippen LogP contribution in [0.5, 0.6) is 0 Å². The Labute approximate surface area is 126 Å². The van der Waals surface area contributed by atoms with E-state index in [0.29, 0.717) is 5.56 Å². The second-order valence-corrected chi connectivity index (χ2v) is 4.91. The highest BCUT2D eigenvalue weighted by Crippen LogP contribution is 2.26. The van der Waals surface area contributed by atoms with Crippen LogP contribution in [0, 0.1) is 11.3 Å². The third-order valence-electron chi connectivity index (χ3n) is 3.50. The first-order chi connectivity index (χ1) is 10.2. The molecule has 4 heteroatoms. The molecule has 1 unspecified atom stereocenters. The number of anilines is 2. The summed E-state index contributed by atoms with van der Waals surface area (Å²) < 4.78 is 0. The number of pyridine rings is 1. The Hall–Kier alpha value is -2.38. The molecule has 4 nitrogen and oxygen atoms in total. The maximum atomic E-state index is 9.19.